The fraction of sp³-hybridized carbons (Fsp3) is 0.267. The first-order valence-electron chi connectivity index (χ1n) is 6.24. The lowest BCUT2D eigenvalue weighted by Gasteiger charge is -2.24. The van der Waals surface area contributed by atoms with Crippen LogP contribution in [0.15, 0.2) is 41.0 Å². The highest BCUT2D eigenvalue weighted by Crippen LogP contribution is 2.24. The van der Waals surface area contributed by atoms with Crippen LogP contribution in [0.2, 0.25) is 5.02 Å². The summed E-state index contributed by atoms with van der Waals surface area (Å²) in [4.78, 5) is 13.1. The first-order valence-corrected chi connectivity index (χ1v) is 6.62. The molecule has 2 rings (SSSR count). The van der Waals surface area contributed by atoms with Crippen LogP contribution in [-0.2, 0) is 6.54 Å². The third-order valence-electron chi connectivity index (χ3n) is 3.36. The Morgan fingerprint density at radius 1 is 1.45 bits per heavy atom. The maximum absolute atomic E-state index is 11.1. The average molecular weight is 294 g/mol. The zero-order valence-corrected chi connectivity index (χ0v) is 12.1. The van der Waals surface area contributed by atoms with Gasteiger partial charge in [0.05, 0.1) is 12.8 Å². The van der Waals surface area contributed by atoms with Crippen molar-refractivity contribution in [1.82, 2.24) is 4.90 Å². The normalized spacial score (nSPS) is 12.6. The van der Waals surface area contributed by atoms with Gasteiger partial charge in [-0.05, 0) is 37.7 Å². The van der Waals surface area contributed by atoms with Crippen LogP contribution in [-0.4, -0.2) is 23.0 Å². The van der Waals surface area contributed by atoms with E-state index >= 15 is 0 Å². The van der Waals surface area contributed by atoms with Gasteiger partial charge in [-0.1, -0.05) is 23.7 Å². The van der Waals surface area contributed by atoms with Gasteiger partial charge in [0.1, 0.15) is 11.3 Å². The topological polar surface area (TPSA) is 53.7 Å². The van der Waals surface area contributed by atoms with Crippen molar-refractivity contribution in [2.24, 2.45) is 0 Å². The zero-order chi connectivity index (χ0) is 14.7. The first-order chi connectivity index (χ1) is 9.49. The van der Waals surface area contributed by atoms with E-state index in [0.29, 0.717) is 17.3 Å². The van der Waals surface area contributed by atoms with Gasteiger partial charge in [-0.3, -0.25) is 4.90 Å². The molecule has 0 radical (unpaired) electrons. The molecule has 0 spiro atoms. The fourth-order valence-corrected chi connectivity index (χ4v) is 2.24. The minimum atomic E-state index is -0.974. The van der Waals surface area contributed by atoms with E-state index in [4.69, 9.17) is 21.1 Å². The number of carboxylic acid groups (broad SMARTS) is 1. The number of carboxylic acids is 1. The molecule has 4 nitrogen and oxygen atoms in total. The van der Waals surface area contributed by atoms with Crippen LogP contribution in [0.3, 0.4) is 0 Å². The molecule has 1 aromatic heterocycles. The lowest BCUT2D eigenvalue weighted by Crippen LogP contribution is -2.22. The van der Waals surface area contributed by atoms with Crippen LogP contribution in [0.5, 0.6) is 0 Å². The number of hydrogen-bond donors (Lipinski definition) is 1. The van der Waals surface area contributed by atoms with E-state index in [1.54, 1.807) is 0 Å². The summed E-state index contributed by atoms with van der Waals surface area (Å²) in [6.07, 6.45) is 1.40. The second-order valence-electron chi connectivity index (χ2n) is 4.71. The Labute approximate surface area is 122 Å². The second kappa shape index (κ2) is 6.11. The quantitative estimate of drug-likeness (QED) is 0.910. The Kier molecular flexibility index (Phi) is 4.47. The van der Waals surface area contributed by atoms with Gasteiger partial charge in [-0.15, -0.1) is 0 Å². The third-order valence-corrected chi connectivity index (χ3v) is 3.60. The van der Waals surface area contributed by atoms with Crippen LogP contribution in [0.1, 0.15) is 34.6 Å². The van der Waals surface area contributed by atoms with Gasteiger partial charge in [-0.25, -0.2) is 4.79 Å². The number of halogens is 1. The van der Waals surface area contributed by atoms with Crippen molar-refractivity contribution in [3.8, 4) is 0 Å². The predicted molar refractivity (Wildman–Crippen MR) is 77.0 cm³/mol. The summed E-state index contributed by atoms with van der Waals surface area (Å²) in [6, 6.07) is 9.19. The maximum Gasteiger partial charge on any atom is 0.339 e. The maximum atomic E-state index is 11.1. The van der Waals surface area contributed by atoms with E-state index in [1.807, 2.05) is 43.1 Å². The largest absolute Gasteiger partial charge is 0.478 e. The number of aromatic carboxylic acids is 1. The van der Waals surface area contributed by atoms with Crippen LogP contribution in [0, 0.1) is 0 Å². The summed E-state index contributed by atoms with van der Waals surface area (Å²) in [7, 11) is 1.92. The minimum absolute atomic E-state index is 0.0976. The van der Waals surface area contributed by atoms with Crippen molar-refractivity contribution < 1.29 is 14.3 Å². The summed E-state index contributed by atoms with van der Waals surface area (Å²) in [5.74, 6) is -0.522. The van der Waals surface area contributed by atoms with Gasteiger partial charge in [-0.2, -0.15) is 0 Å². The molecule has 0 aliphatic heterocycles. The number of rotatable bonds is 5. The van der Waals surface area contributed by atoms with Gasteiger partial charge in [0.15, 0.2) is 0 Å². The van der Waals surface area contributed by atoms with Crippen LogP contribution in [0.4, 0.5) is 0 Å². The average Bonchev–Trinajstić information content (AvgIpc) is 2.86. The van der Waals surface area contributed by atoms with Gasteiger partial charge < -0.3 is 9.52 Å². The third kappa shape index (κ3) is 3.21. The summed E-state index contributed by atoms with van der Waals surface area (Å²) >= 11 is 5.99. The number of nitrogens with zero attached hydrogens (tertiary/aromatic N) is 1. The van der Waals surface area contributed by atoms with Crippen LogP contribution in [0.25, 0.3) is 0 Å². The predicted octanol–water partition coefficient (Wildman–Crippen LogP) is 3.82. The Bertz CT molecular complexity index is 609. The Morgan fingerprint density at radius 2 is 2.20 bits per heavy atom. The first kappa shape index (κ1) is 14.6. The Hall–Kier alpha value is -1.78. The molecule has 0 saturated carbocycles. The van der Waals surface area contributed by atoms with E-state index in [9.17, 15) is 4.79 Å². The van der Waals surface area contributed by atoms with Crippen molar-refractivity contribution in [2.75, 3.05) is 7.05 Å². The molecule has 0 bridgehead atoms. The molecule has 1 unspecified atom stereocenters. The number of benzene rings is 1. The summed E-state index contributed by atoms with van der Waals surface area (Å²) in [5.41, 5.74) is 1.28. The molecule has 0 aliphatic carbocycles. The van der Waals surface area contributed by atoms with Crippen molar-refractivity contribution >= 4 is 17.6 Å². The smallest absolute Gasteiger partial charge is 0.339 e. The molecule has 5 heteroatoms. The Balaban J connectivity index is 2.13. The van der Waals surface area contributed by atoms with E-state index in [1.165, 1.54) is 12.3 Å². The lowest BCUT2D eigenvalue weighted by molar-refractivity contribution is 0.0692. The van der Waals surface area contributed by atoms with E-state index in [2.05, 4.69) is 0 Å². The molecule has 106 valence electrons. The molecule has 1 aromatic carbocycles. The van der Waals surface area contributed by atoms with E-state index in [-0.39, 0.29) is 11.6 Å². The molecule has 1 heterocycles. The minimum Gasteiger partial charge on any atom is -0.478 e. The summed E-state index contributed by atoms with van der Waals surface area (Å²) < 4.78 is 5.26. The monoisotopic (exact) mass is 293 g/mol. The molecule has 1 atom stereocenters. The standard InChI is InChI=1S/C15H16ClNO3/c1-10(11-4-3-5-12(16)8-11)17(2)9-14-13(15(18)19)6-7-20-14/h3-8,10H,9H2,1-2H3,(H,18,19). The molecule has 0 aliphatic rings. The number of carbonyl (C=O) groups is 1. The van der Waals surface area contributed by atoms with Crippen molar-refractivity contribution in [3.05, 3.63) is 58.5 Å². The van der Waals surface area contributed by atoms with Gasteiger partial charge in [0.25, 0.3) is 0 Å². The molecule has 0 saturated heterocycles. The highest BCUT2D eigenvalue weighted by molar-refractivity contribution is 6.30. The van der Waals surface area contributed by atoms with E-state index < -0.39 is 5.97 Å². The number of hydrogen-bond acceptors (Lipinski definition) is 3. The summed E-state index contributed by atoms with van der Waals surface area (Å²) in [6.45, 7) is 2.46. The molecular weight excluding hydrogens is 278 g/mol. The molecule has 1 N–H and O–H groups in total. The highest BCUT2D eigenvalue weighted by atomic mass is 35.5. The lowest BCUT2D eigenvalue weighted by atomic mass is 10.1. The Morgan fingerprint density at radius 3 is 2.85 bits per heavy atom. The van der Waals surface area contributed by atoms with Crippen molar-refractivity contribution in [3.63, 3.8) is 0 Å². The van der Waals surface area contributed by atoms with Crippen molar-refractivity contribution in [2.45, 2.75) is 19.5 Å². The highest BCUT2D eigenvalue weighted by Gasteiger charge is 2.18. The van der Waals surface area contributed by atoms with Gasteiger partial charge >= 0.3 is 5.97 Å². The van der Waals surface area contributed by atoms with E-state index in [0.717, 1.165) is 5.56 Å². The van der Waals surface area contributed by atoms with Gasteiger partial charge in [0.2, 0.25) is 0 Å². The van der Waals surface area contributed by atoms with Gasteiger partial charge in [0, 0.05) is 11.1 Å². The zero-order valence-electron chi connectivity index (χ0n) is 11.3. The van der Waals surface area contributed by atoms with Crippen LogP contribution < -0.4 is 0 Å². The fourth-order valence-electron chi connectivity index (χ4n) is 2.04. The van der Waals surface area contributed by atoms with Crippen LogP contribution >= 0.6 is 11.6 Å². The molecule has 0 fully saturated rings. The molecule has 2 aromatic rings. The molecule has 0 amide bonds. The second-order valence-corrected chi connectivity index (χ2v) is 5.15. The SMILES string of the molecule is CC(c1cccc(Cl)c1)N(C)Cc1occc1C(=O)O. The molecule has 20 heavy (non-hydrogen) atoms. The molecular formula is C15H16ClNO3. The summed E-state index contributed by atoms with van der Waals surface area (Å²) in [5, 5.41) is 9.75. The van der Waals surface area contributed by atoms with Crippen molar-refractivity contribution in [1.29, 1.82) is 0 Å². The number of furan rings is 1.